The van der Waals surface area contributed by atoms with E-state index in [2.05, 4.69) is 30.4 Å². The lowest BCUT2D eigenvalue weighted by Crippen LogP contribution is -2.33. The molecule has 2 aliphatic rings. The molecule has 0 aliphatic carbocycles. The lowest BCUT2D eigenvalue weighted by atomic mass is 9.91. The summed E-state index contributed by atoms with van der Waals surface area (Å²) in [6.07, 6.45) is 3.89. The molecule has 1 fully saturated rings. The van der Waals surface area contributed by atoms with Gasteiger partial charge in [-0.2, -0.15) is 0 Å². The van der Waals surface area contributed by atoms with Crippen molar-refractivity contribution < 1.29 is 4.74 Å². The summed E-state index contributed by atoms with van der Waals surface area (Å²) >= 11 is 0. The minimum atomic E-state index is 0.284. The average Bonchev–Trinajstić information content (AvgIpc) is 2.81. The second kappa shape index (κ2) is 4.19. The zero-order valence-corrected chi connectivity index (χ0v) is 9.83. The van der Waals surface area contributed by atoms with Crippen molar-refractivity contribution in [1.82, 2.24) is 5.32 Å². The first kappa shape index (κ1) is 10.3. The van der Waals surface area contributed by atoms with E-state index in [4.69, 9.17) is 4.74 Å². The van der Waals surface area contributed by atoms with Crippen molar-refractivity contribution in [2.45, 2.75) is 38.3 Å². The van der Waals surface area contributed by atoms with Gasteiger partial charge in [-0.15, -0.1) is 0 Å². The summed E-state index contributed by atoms with van der Waals surface area (Å²) in [5.41, 5.74) is 4.26. The van der Waals surface area contributed by atoms with Crippen molar-refractivity contribution in [3.05, 3.63) is 34.9 Å². The highest BCUT2D eigenvalue weighted by atomic mass is 16.5. The van der Waals surface area contributed by atoms with E-state index < -0.39 is 0 Å². The first-order chi connectivity index (χ1) is 7.84. The molecule has 2 atom stereocenters. The Kier molecular flexibility index (Phi) is 2.70. The van der Waals surface area contributed by atoms with Gasteiger partial charge in [-0.3, -0.25) is 0 Å². The Hall–Kier alpha value is -0.860. The minimum absolute atomic E-state index is 0.284. The van der Waals surface area contributed by atoms with Gasteiger partial charge < -0.3 is 10.1 Å². The Bertz CT molecular complexity index is 382. The molecule has 1 aromatic rings. The van der Waals surface area contributed by atoms with Crippen LogP contribution in [0.2, 0.25) is 0 Å². The van der Waals surface area contributed by atoms with Crippen LogP contribution in [-0.2, 0) is 11.2 Å². The van der Waals surface area contributed by atoms with E-state index in [-0.39, 0.29) is 6.10 Å². The minimum Gasteiger partial charge on any atom is -0.372 e. The number of rotatable bonds is 1. The summed E-state index contributed by atoms with van der Waals surface area (Å²) in [7, 11) is 0. The predicted molar refractivity (Wildman–Crippen MR) is 64.6 cm³/mol. The smallest absolute Gasteiger partial charge is 0.0980 e. The van der Waals surface area contributed by atoms with Crippen LogP contribution in [0.25, 0.3) is 0 Å². The summed E-state index contributed by atoms with van der Waals surface area (Å²) < 4.78 is 5.97. The van der Waals surface area contributed by atoms with Crippen LogP contribution in [0.1, 0.15) is 35.6 Å². The first-order valence-electron chi connectivity index (χ1n) is 6.29. The van der Waals surface area contributed by atoms with Crippen LogP contribution in [0, 0.1) is 6.92 Å². The van der Waals surface area contributed by atoms with Crippen molar-refractivity contribution in [3.8, 4) is 0 Å². The summed E-state index contributed by atoms with van der Waals surface area (Å²) in [6.45, 7) is 4.18. The summed E-state index contributed by atoms with van der Waals surface area (Å²) in [4.78, 5) is 0. The Morgan fingerprint density at radius 3 is 3.12 bits per heavy atom. The Morgan fingerprint density at radius 2 is 2.31 bits per heavy atom. The molecule has 86 valence electrons. The fourth-order valence-corrected chi connectivity index (χ4v) is 2.92. The van der Waals surface area contributed by atoms with Crippen LogP contribution in [0.15, 0.2) is 18.2 Å². The number of fused-ring (bicyclic) bond motifs is 1. The van der Waals surface area contributed by atoms with Crippen molar-refractivity contribution in [3.63, 3.8) is 0 Å². The van der Waals surface area contributed by atoms with Gasteiger partial charge in [0.2, 0.25) is 0 Å². The number of nitrogens with one attached hydrogen (secondary N) is 1. The standard InChI is InChI=1S/C14H19NO/c1-10-4-5-12-11(9-10)6-8-16-14(12)13-3-2-7-15-13/h4-5,9,13-15H,2-3,6-8H2,1H3/t13-,14+/m1/s1. The molecule has 0 spiro atoms. The maximum absolute atomic E-state index is 5.97. The third-order valence-corrected chi connectivity index (χ3v) is 3.74. The lowest BCUT2D eigenvalue weighted by Gasteiger charge is -2.30. The molecule has 0 amide bonds. The van der Waals surface area contributed by atoms with Gasteiger partial charge in [0.1, 0.15) is 0 Å². The van der Waals surface area contributed by atoms with Crippen molar-refractivity contribution in [2.24, 2.45) is 0 Å². The molecule has 16 heavy (non-hydrogen) atoms. The van der Waals surface area contributed by atoms with Gasteiger partial charge in [-0.25, -0.2) is 0 Å². The van der Waals surface area contributed by atoms with Crippen molar-refractivity contribution in [2.75, 3.05) is 13.2 Å². The second-order valence-electron chi connectivity index (χ2n) is 4.95. The van der Waals surface area contributed by atoms with Crippen molar-refractivity contribution >= 4 is 0 Å². The molecular weight excluding hydrogens is 198 g/mol. The molecule has 0 bridgehead atoms. The maximum Gasteiger partial charge on any atom is 0.0980 e. The van der Waals surface area contributed by atoms with E-state index in [1.165, 1.54) is 29.5 Å². The van der Waals surface area contributed by atoms with Gasteiger partial charge in [0.15, 0.2) is 0 Å². The summed E-state index contributed by atoms with van der Waals surface area (Å²) in [5.74, 6) is 0. The maximum atomic E-state index is 5.97. The van der Waals surface area contributed by atoms with Gasteiger partial charge in [0, 0.05) is 6.04 Å². The van der Waals surface area contributed by atoms with Crippen LogP contribution in [0.3, 0.4) is 0 Å². The predicted octanol–water partition coefficient (Wildman–Crippen LogP) is 2.36. The Labute approximate surface area is 97.0 Å². The van der Waals surface area contributed by atoms with Gasteiger partial charge in [0.25, 0.3) is 0 Å². The number of hydrogen-bond donors (Lipinski definition) is 1. The Morgan fingerprint density at radius 1 is 1.38 bits per heavy atom. The largest absolute Gasteiger partial charge is 0.372 e. The number of hydrogen-bond acceptors (Lipinski definition) is 2. The molecule has 2 aliphatic heterocycles. The molecule has 1 saturated heterocycles. The van der Waals surface area contributed by atoms with Gasteiger partial charge in [-0.05, 0) is 43.9 Å². The van der Waals surface area contributed by atoms with E-state index in [9.17, 15) is 0 Å². The molecule has 1 aromatic carbocycles. The fraction of sp³-hybridized carbons (Fsp3) is 0.571. The van der Waals surface area contributed by atoms with Gasteiger partial charge in [-0.1, -0.05) is 23.8 Å². The number of ether oxygens (including phenoxy) is 1. The quantitative estimate of drug-likeness (QED) is 0.779. The SMILES string of the molecule is Cc1ccc2c(c1)CCO[C@@H]2[C@H]1CCCN1. The van der Waals surface area contributed by atoms with Crippen molar-refractivity contribution in [1.29, 1.82) is 0 Å². The van der Waals surface area contributed by atoms with Gasteiger partial charge in [0.05, 0.1) is 12.7 Å². The number of benzene rings is 1. The number of aryl methyl sites for hydroxylation is 1. The first-order valence-corrected chi connectivity index (χ1v) is 6.29. The molecule has 2 heterocycles. The fourth-order valence-electron chi connectivity index (χ4n) is 2.92. The molecule has 0 unspecified atom stereocenters. The van der Waals surface area contributed by atoms with E-state index in [0.29, 0.717) is 6.04 Å². The van der Waals surface area contributed by atoms with Crippen LogP contribution >= 0.6 is 0 Å². The third kappa shape index (κ3) is 1.76. The second-order valence-corrected chi connectivity index (χ2v) is 4.95. The topological polar surface area (TPSA) is 21.3 Å². The van der Waals surface area contributed by atoms with E-state index in [0.717, 1.165) is 19.6 Å². The van der Waals surface area contributed by atoms with Crippen LogP contribution in [0.4, 0.5) is 0 Å². The highest BCUT2D eigenvalue weighted by molar-refractivity contribution is 5.35. The zero-order valence-electron chi connectivity index (χ0n) is 9.83. The summed E-state index contributed by atoms with van der Waals surface area (Å²) in [5, 5.41) is 3.56. The highest BCUT2D eigenvalue weighted by Crippen LogP contribution is 2.33. The average molecular weight is 217 g/mol. The molecule has 0 saturated carbocycles. The van der Waals surface area contributed by atoms with Crippen LogP contribution < -0.4 is 5.32 Å². The van der Waals surface area contributed by atoms with E-state index >= 15 is 0 Å². The van der Waals surface area contributed by atoms with E-state index in [1.54, 1.807) is 0 Å². The normalized spacial score (nSPS) is 29.1. The zero-order chi connectivity index (χ0) is 11.0. The summed E-state index contributed by atoms with van der Waals surface area (Å²) in [6, 6.07) is 7.31. The van der Waals surface area contributed by atoms with Crippen LogP contribution in [0.5, 0.6) is 0 Å². The van der Waals surface area contributed by atoms with E-state index in [1.807, 2.05) is 0 Å². The Balaban J connectivity index is 1.93. The molecule has 2 nitrogen and oxygen atoms in total. The monoisotopic (exact) mass is 217 g/mol. The molecule has 1 N–H and O–H groups in total. The third-order valence-electron chi connectivity index (χ3n) is 3.74. The van der Waals surface area contributed by atoms with Crippen LogP contribution in [-0.4, -0.2) is 19.2 Å². The highest BCUT2D eigenvalue weighted by Gasteiger charge is 2.30. The molecule has 0 radical (unpaired) electrons. The molecule has 3 rings (SSSR count). The lowest BCUT2D eigenvalue weighted by molar-refractivity contribution is 0.0199. The van der Waals surface area contributed by atoms with Gasteiger partial charge >= 0.3 is 0 Å². The molecule has 0 aromatic heterocycles. The molecular formula is C14H19NO. The molecule has 2 heteroatoms.